The summed E-state index contributed by atoms with van der Waals surface area (Å²) in [6.45, 7) is 10.1. The summed E-state index contributed by atoms with van der Waals surface area (Å²) < 4.78 is 5.34. The van der Waals surface area contributed by atoms with Crippen LogP contribution in [0.25, 0.3) is 0 Å². The molecule has 0 aliphatic carbocycles. The summed E-state index contributed by atoms with van der Waals surface area (Å²) in [5.74, 6) is -0.148. The highest BCUT2D eigenvalue weighted by atomic mass is 16.6. The number of benzene rings is 1. The second-order valence-electron chi connectivity index (χ2n) is 7.14. The van der Waals surface area contributed by atoms with Crippen LogP contribution in [0.5, 0.6) is 0 Å². The zero-order valence-corrected chi connectivity index (χ0v) is 16.4. The number of nitrogens with one attached hydrogen (secondary N) is 1. The molecule has 1 heterocycles. The van der Waals surface area contributed by atoms with Gasteiger partial charge in [0.25, 0.3) is 0 Å². The normalized spacial score (nSPS) is 19.2. The Morgan fingerprint density at radius 1 is 1.35 bits per heavy atom. The summed E-state index contributed by atoms with van der Waals surface area (Å²) in [4.78, 5) is 24.9. The molecule has 6 heteroatoms. The highest BCUT2D eigenvalue weighted by molar-refractivity contribution is 5.90. The smallest absolute Gasteiger partial charge is 0.414 e. The van der Waals surface area contributed by atoms with E-state index in [0.717, 1.165) is 28.8 Å². The Kier molecular flexibility index (Phi) is 6.29. The van der Waals surface area contributed by atoms with Gasteiger partial charge in [0.15, 0.2) is 0 Å². The summed E-state index contributed by atoms with van der Waals surface area (Å²) in [5.41, 5.74) is 2.80. The van der Waals surface area contributed by atoms with Crippen molar-refractivity contribution in [2.75, 3.05) is 18.0 Å². The average molecular weight is 362 g/mol. The maximum Gasteiger partial charge on any atom is 0.414 e. The molecule has 1 saturated heterocycles. The predicted octanol–water partition coefficient (Wildman–Crippen LogP) is 3.16. The van der Waals surface area contributed by atoms with E-state index < -0.39 is 11.7 Å². The van der Waals surface area contributed by atoms with Crippen LogP contribution in [0.3, 0.4) is 0 Å². The number of amides is 2. The van der Waals surface area contributed by atoms with E-state index in [-0.39, 0.29) is 12.0 Å². The Balaban J connectivity index is 2.27. The number of hydrogen-bond donors (Lipinski definition) is 2. The summed E-state index contributed by atoms with van der Waals surface area (Å²) in [6.07, 6.45) is 1.47. The van der Waals surface area contributed by atoms with Gasteiger partial charge in [-0.2, -0.15) is 0 Å². The molecule has 26 heavy (non-hydrogen) atoms. The Morgan fingerprint density at radius 2 is 1.96 bits per heavy atom. The minimum atomic E-state index is -0.846. The van der Waals surface area contributed by atoms with Crippen LogP contribution in [-0.2, 0) is 15.1 Å². The maximum absolute atomic E-state index is 12.2. The van der Waals surface area contributed by atoms with Crippen molar-refractivity contribution in [2.45, 2.75) is 65.6 Å². The van der Waals surface area contributed by atoms with Crippen LogP contribution in [0.2, 0.25) is 0 Å². The summed E-state index contributed by atoms with van der Waals surface area (Å²) in [6, 6.07) is 3.86. The van der Waals surface area contributed by atoms with E-state index in [1.807, 2.05) is 32.9 Å². The number of hydrogen-bond acceptors (Lipinski definition) is 4. The molecule has 1 aliphatic heterocycles. The fourth-order valence-corrected chi connectivity index (χ4v) is 3.82. The van der Waals surface area contributed by atoms with E-state index in [9.17, 15) is 14.7 Å². The zero-order chi connectivity index (χ0) is 19.5. The number of ether oxygens (including phenoxy) is 1. The van der Waals surface area contributed by atoms with Gasteiger partial charge in [-0.3, -0.25) is 9.69 Å². The molecule has 144 valence electrons. The molecule has 2 atom stereocenters. The third-order valence-corrected chi connectivity index (χ3v) is 5.00. The lowest BCUT2D eigenvalue weighted by atomic mass is 9.81. The SMILES string of the molecule is CCCC(O)(CC)c1c(C)cc(N2CC(CNC(C)=O)OC2=O)cc1C. The Morgan fingerprint density at radius 3 is 2.46 bits per heavy atom. The molecule has 6 nitrogen and oxygen atoms in total. The average Bonchev–Trinajstić information content (AvgIpc) is 2.93. The van der Waals surface area contributed by atoms with Gasteiger partial charge in [-0.05, 0) is 55.5 Å². The van der Waals surface area contributed by atoms with Crippen molar-refractivity contribution in [3.63, 3.8) is 0 Å². The van der Waals surface area contributed by atoms with Crippen molar-refractivity contribution in [3.8, 4) is 0 Å². The van der Waals surface area contributed by atoms with Crippen molar-refractivity contribution >= 4 is 17.7 Å². The number of aliphatic hydroxyl groups is 1. The number of anilines is 1. The van der Waals surface area contributed by atoms with Crippen molar-refractivity contribution in [1.29, 1.82) is 0 Å². The van der Waals surface area contributed by atoms with E-state index in [1.165, 1.54) is 6.92 Å². The Labute approximate surface area is 155 Å². The minimum absolute atomic E-state index is 0.148. The highest BCUT2D eigenvalue weighted by Crippen LogP contribution is 2.37. The molecule has 2 amide bonds. The number of carbonyl (C=O) groups is 2. The summed E-state index contributed by atoms with van der Waals surface area (Å²) in [7, 11) is 0. The van der Waals surface area contributed by atoms with Gasteiger partial charge >= 0.3 is 6.09 Å². The van der Waals surface area contributed by atoms with Crippen molar-refractivity contribution < 1.29 is 19.4 Å². The number of rotatable bonds is 7. The quantitative estimate of drug-likeness (QED) is 0.781. The number of aryl methyl sites for hydroxylation is 2. The molecular weight excluding hydrogens is 332 g/mol. The fourth-order valence-electron chi connectivity index (χ4n) is 3.82. The molecule has 0 bridgehead atoms. The van der Waals surface area contributed by atoms with Gasteiger partial charge < -0.3 is 15.2 Å². The van der Waals surface area contributed by atoms with E-state index >= 15 is 0 Å². The lowest BCUT2D eigenvalue weighted by molar-refractivity contribution is -0.119. The number of nitrogens with zero attached hydrogens (tertiary/aromatic N) is 1. The van der Waals surface area contributed by atoms with Gasteiger partial charge in [0.2, 0.25) is 5.91 Å². The second-order valence-corrected chi connectivity index (χ2v) is 7.14. The fraction of sp³-hybridized carbons (Fsp3) is 0.600. The van der Waals surface area contributed by atoms with Gasteiger partial charge in [-0.25, -0.2) is 4.79 Å². The van der Waals surface area contributed by atoms with Crippen molar-refractivity contribution in [3.05, 3.63) is 28.8 Å². The van der Waals surface area contributed by atoms with Gasteiger partial charge in [-0.1, -0.05) is 20.3 Å². The first-order valence-electron chi connectivity index (χ1n) is 9.28. The molecule has 1 fully saturated rings. The van der Waals surface area contributed by atoms with E-state index in [1.54, 1.807) is 4.90 Å². The molecule has 0 spiro atoms. The maximum atomic E-state index is 12.2. The number of cyclic esters (lactones) is 1. The van der Waals surface area contributed by atoms with Crippen molar-refractivity contribution in [1.82, 2.24) is 5.32 Å². The van der Waals surface area contributed by atoms with E-state index in [2.05, 4.69) is 12.2 Å². The predicted molar refractivity (Wildman–Crippen MR) is 101 cm³/mol. The second kappa shape index (κ2) is 8.08. The Hall–Kier alpha value is -2.08. The van der Waals surface area contributed by atoms with Crippen LogP contribution in [-0.4, -0.2) is 36.3 Å². The molecule has 0 saturated carbocycles. The standard InChI is InChI=1S/C20H30N2O4/c1-6-8-20(25,7-2)18-13(3)9-16(10-14(18)4)22-12-17(26-19(22)24)11-21-15(5)23/h9-10,17,25H,6-8,11-12H2,1-5H3,(H,21,23). The first kappa shape index (κ1) is 20.2. The molecule has 1 aromatic rings. The van der Waals surface area contributed by atoms with E-state index in [0.29, 0.717) is 25.9 Å². The third-order valence-electron chi connectivity index (χ3n) is 5.00. The molecule has 2 N–H and O–H groups in total. The van der Waals surface area contributed by atoms with Gasteiger partial charge in [-0.15, -0.1) is 0 Å². The topological polar surface area (TPSA) is 78.9 Å². The largest absolute Gasteiger partial charge is 0.442 e. The molecule has 2 unspecified atom stereocenters. The molecule has 1 aliphatic rings. The zero-order valence-electron chi connectivity index (χ0n) is 16.4. The molecular formula is C20H30N2O4. The van der Waals surface area contributed by atoms with Gasteiger partial charge in [0.05, 0.1) is 18.7 Å². The van der Waals surface area contributed by atoms with Gasteiger partial charge in [0.1, 0.15) is 6.10 Å². The Bertz CT molecular complexity index is 665. The lowest BCUT2D eigenvalue weighted by Crippen LogP contribution is -2.33. The molecule has 0 radical (unpaired) electrons. The van der Waals surface area contributed by atoms with E-state index in [4.69, 9.17) is 4.74 Å². The molecule has 2 rings (SSSR count). The lowest BCUT2D eigenvalue weighted by Gasteiger charge is -2.31. The van der Waals surface area contributed by atoms with Crippen LogP contribution >= 0.6 is 0 Å². The first-order valence-corrected chi connectivity index (χ1v) is 9.28. The van der Waals surface area contributed by atoms with Crippen LogP contribution in [0.15, 0.2) is 12.1 Å². The van der Waals surface area contributed by atoms with Crippen LogP contribution in [0.4, 0.5) is 10.5 Å². The van der Waals surface area contributed by atoms with Crippen LogP contribution < -0.4 is 10.2 Å². The van der Waals surface area contributed by atoms with Gasteiger partial charge in [0, 0.05) is 12.6 Å². The summed E-state index contributed by atoms with van der Waals surface area (Å²) in [5, 5.41) is 13.8. The highest BCUT2D eigenvalue weighted by Gasteiger charge is 2.34. The third kappa shape index (κ3) is 4.18. The molecule has 1 aromatic carbocycles. The minimum Gasteiger partial charge on any atom is -0.442 e. The monoisotopic (exact) mass is 362 g/mol. The first-order chi connectivity index (χ1) is 12.2. The summed E-state index contributed by atoms with van der Waals surface area (Å²) >= 11 is 0. The van der Waals surface area contributed by atoms with Crippen molar-refractivity contribution in [2.24, 2.45) is 0 Å². The number of carbonyl (C=O) groups excluding carboxylic acids is 2. The van der Waals surface area contributed by atoms with Crippen LogP contribution in [0, 0.1) is 13.8 Å². The molecule has 0 aromatic heterocycles. The van der Waals surface area contributed by atoms with Crippen LogP contribution in [0.1, 0.15) is 56.7 Å².